The van der Waals surface area contributed by atoms with Crippen molar-refractivity contribution in [1.82, 2.24) is 0 Å². The maximum Gasteiger partial charge on any atom is 0.0231 e. The molecule has 0 heterocycles. The summed E-state index contributed by atoms with van der Waals surface area (Å²) in [6.07, 6.45) is 9.97. The van der Waals surface area contributed by atoms with Gasteiger partial charge in [-0.05, 0) is 31.1 Å². The van der Waals surface area contributed by atoms with E-state index in [4.69, 9.17) is 5.73 Å². The van der Waals surface area contributed by atoms with Crippen LogP contribution in [0.25, 0.3) is 0 Å². The van der Waals surface area contributed by atoms with Crippen LogP contribution in [0.15, 0.2) is 11.6 Å². The summed E-state index contributed by atoms with van der Waals surface area (Å²) in [6.45, 7) is 6.92. The summed E-state index contributed by atoms with van der Waals surface area (Å²) in [5, 5.41) is 0. The van der Waals surface area contributed by atoms with Crippen LogP contribution in [0.5, 0.6) is 0 Å². The quantitative estimate of drug-likeness (QED) is 0.538. The van der Waals surface area contributed by atoms with Crippen LogP contribution < -0.4 is 5.73 Å². The van der Waals surface area contributed by atoms with E-state index in [0.717, 1.165) is 6.42 Å². The van der Waals surface area contributed by atoms with E-state index in [2.05, 4.69) is 26.8 Å². The smallest absolute Gasteiger partial charge is 0.0231 e. The fraction of sp³-hybridized carbons (Fsp3) is 0.846. The second-order valence-electron chi connectivity index (χ2n) is 5.49. The Kier molecular flexibility index (Phi) is 4.18. The minimum absolute atomic E-state index is 0.301. The first-order valence-electron chi connectivity index (χ1n) is 5.98. The molecule has 0 fully saturated rings. The molecular weight excluding hydrogens is 170 g/mol. The van der Waals surface area contributed by atoms with E-state index in [9.17, 15) is 0 Å². The van der Waals surface area contributed by atoms with Crippen molar-refractivity contribution in [3.8, 4) is 0 Å². The fourth-order valence-electron chi connectivity index (χ4n) is 2.52. The lowest BCUT2D eigenvalue weighted by molar-refractivity contribution is 0.297. The van der Waals surface area contributed by atoms with E-state index in [-0.39, 0.29) is 0 Å². The van der Waals surface area contributed by atoms with Gasteiger partial charge in [0, 0.05) is 6.04 Å². The second kappa shape index (κ2) is 4.97. The third kappa shape index (κ3) is 3.83. The SMILES string of the molecule is CCCCCC1=CC(N)CC(C)(C)C1. The van der Waals surface area contributed by atoms with Gasteiger partial charge in [0.1, 0.15) is 0 Å². The van der Waals surface area contributed by atoms with Crippen molar-refractivity contribution < 1.29 is 0 Å². The normalized spacial score (nSPS) is 26.0. The van der Waals surface area contributed by atoms with Gasteiger partial charge in [-0.25, -0.2) is 0 Å². The zero-order valence-electron chi connectivity index (χ0n) is 9.97. The maximum atomic E-state index is 6.03. The second-order valence-corrected chi connectivity index (χ2v) is 5.49. The lowest BCUT2D eigenvalue weighted by Gasteiger charge is -2.33. The molecule has 1 heteroatoms. The highest BCUT2D eigenvalue weighted by Gasteiger charge is 2.26. The van der Waals surface area contributed by atoms with E-state index < -0.39 is 0 Å². The molecule has 0 bridgehead atoms. The van der Waals surface area contributed by atoms with Crippen LogP contribution in [0, 0.1) is 5.41 Å². The van der Waals surface area contributed by atoms with Gasteiger partial charge in [-0.1, -0.05) is 45.3 Å². The van der Waals surface area contributed by atoms with Crippen molar-refractivity contribution in [3.63, 3.8) is 0 Å². The Bertz CT molecular complexity index is 203. The van der Waals surface area contributed by atoms with Gasteiger partial charge in [0.15, 0.2) is 0 Å². The van der Waals surface area contributed by atoms with Crippen molar-refractivity contribution in [1.29, 1.82) is 0 Å². The molecule has 0 radical (unpaired) electrons. The minimum atomic E-state index is 0.301. The van der Waals surface area contributed by atoms with Crippen LogP contribution in [0.2, 0.25) is 0 Å². The summed E-state index contributed by atoms with van der Waals surface area (Å²) in [5.74, 6) is 0. The molecule has 1 unspecified atom stereocenters. The number of hydrogen-bond donors (Lipinski definition) is 1. The van der Waals surface area contributed by atoms with Crippen LogP contribution in [0.4, 0.5) is 0 Å². The molecule has 0 aromatic carbocycles. The van der Waals surface area contributed by atoms with Gasteiger partial charge < -0.3 is 5.73 Å². The molecule has 82 valence electrons. The van der Waals surface area contributed by atoms with Gasteiger partial charge >= 0.3 is 0 Å². The van der Waals surface area contributed by atoms with Crippen molar-refractivity contribution in [3.05, 3.63) is 11.6 Å². The zero-order valence-corrected chi connectivity index (χ0v) is 9.97. The lowest BCUT2D eigenvalue weighted by atomic mass is 9.74. The number of allylic oxidation sites excluding steroid dienone is 1. The molecular formula is C13H25N. The third-order valence-corrected chi connectivity index (χ3v) is 3.05. The lowest BCUT2D eigenvalue weighted by Crippen LogP contribution is -2.30. The number of rotatable bonds is 4. The summed E-state index contributed by atoms with van der Waals surface area (Å²) in [6, 6.07) is 0.301. The van der Waals surface area contributed by atoms with E-state index in [1.807, 2.05) is 0 Å². The average molecular weight is 195 g/mol. The predicted octanol–water partition coefficient (Wildman–Crippen LogP) is 3.64. The van der Waals surface area contributed by atoms with E-state index in [0.29, 0.717) is 11.5 Å². The Morgan fingerprint density at radius 1 is 1.43 bits per heavy atom. The monoisotopic (exact) mass is 195 g/mol. The van der Waals surface area contributed by atoms with Crippen molar-refractivity contribution in [2.24, 2.45) is 11.1 Å². The summed E-state index contributed by atoms with van der Waals surface area (Å²) in [4.78, 5) is 0. The summed E-state index contributed by atoms with van der Waals surface area (Å²) >= 11 is 0. The predicted molar refractivity (Wildman–Crippen MR) is 63.2 cm³/mol. The highest BCUT2D eigenvalue weighted by Crippen LogP contribution is 2.36. The largest absolute Gasteiger partial charge is 0.324 e. The van der Waals surface area contributed by atoms with Crippen molar-refractivity contribution in [2.45, 2.75) is 65.3 Å². The standard InChI is InChI=1S/C13H25N/c1-4-5-6-7-11-8-12(14)10-13(2,3)9-11/h8,12H,4-7,9-10,14H2,1-3H3. The van der Waals surface area contributed by atoms with Crippen molar-refractivity contribution >= 4 is 0 Å². The van der Waals surface area contributed by atoms with Gasteiger partial charge in [0.2, 0.25) is 0 Å². The highest BCUT2D eigenvalue weighted by molar-refractivity contribution is 5.13. The van der Waals surface area contributed by atoms with Crippen molar-refractivity contribution in [2.75, 3.05) is 0 Å². The molecule has 0 aromatic rings. The van der Waals surface area contributed by atoms with E-state index in [1.165, 1.54) is 32.1 Å². The molecule has 2 N–H and O–H groups in total. The van der Waals surface area contributed by atoms with Gasteiger partial charge in [0.05, 0.1) is 0 Å². The molecule has 14 heavy (non-hydrogen) atoms. The molecule has 0 spiro atoms. The molecule has 0 saturated carbocycles. The highest BCUT2D eigenvalue weighted by atomic mass is 14.6. The van der Waals surface area contributed by atoms with Crippen LogP contribution in [-0.4, -0.2) is 6.04 Å². The molecule has 1 nitrogen and oxygen atoms in total. The molecule has 1 atom stereocenters. The summed E-state index contributed by atoms with van der Waals surface area (Å²) in [5.41, 5.74) is 8.05. The Morgan fingerprint density at radius 2 is 2.14 bits per heavy atom. The van der Waals surface area contributed by atoms with Gasteiger partial charge in [0.25, 0.3) is 0 Å². The maximum absolute atomic E-state index is 6.03. The topological polar surface area (TPSA) is 26.0 Å². The average Bonchev–Trinajstić information content (AvgIpc) is 2.00. The molecule has 0 aliphatic heterocycles. The number of unbranched alkanes of at least 4 members (excludes halogenated alkanes) is 2. The van der Waals surface area contributed by atoms with E-state index in [1.54, 1.807) is 5.57 Å². The van der Waals surface area contributed by atoms with Gasteiger partial charge in [-0.2, -0.15) is 0 Å². The van der Waals surface area contributed by atoms with Gasteiger partial charge in [-0.15, -0.1) is 0 Å². The Labute approximate surface area is 88.8 Å². The van der Waals surface area contributed by atoms with E-state index >= 15 is 0 Å². The minimum Gasteiger partial charge on any atom is -0.324 e. The number of nitrogens with two attached hydrogens (primary N) is 1. The molecule has 1 aliphatic rings. The number of hydrogen-bond acceptors (Lipinski definition) is 1. The summed E-state index contributed by atoms with van der Waals surface area (Å²) in [7, 11) is 0. The molecule has 1 rings (SSSR count). The third-order valence-electron chi connectivity index (χ3n) is 3.05. The fourth-order valence-corrected chi connectivity index (χ4v) is 2.52. The van der Waals surface area contributed by atoms with Gasteiger partial charge in [-0.3, -0.25) is 0 Å². The summed E-state index contributed by atoms with van der Waals surface area (Å²) < 4.78 is 0. The Hall–Kier alpha value is -0.300. The van der Waals surface area contributed by atoms with Crippen LogP contribution in [0.3, 0.4) is 0 Å². The molecule has 0 aromatic heterocycles. The zero-order chi connectivity index (χ0) is 10.6. The molecule has 0 saturated heterocycles. The molecule has 0 amide bonds. The first-order valence-corrected chi connectivity index (χ1v) is 5.98. The first-order chi connectivity index (χ1) is 6.53. The van der Waals surface area contributed by atoms with Crippen LogP contribution in [-0.2, 0) is 0 Å². The first kappa shape index (κ1) is 11.8. The van der Waals surface area contributed by atoms with Crippen LogP contribution in [0.1, 0.15) is 59.3 Å². The Morgan fingerprint density at radius 3 is 2.71 bits per heavy atom. The molecule has 1 aliphatic carbocycles. The Balaban J connectivity index is 2.43. The van der Waals surface area contributed by atoms with Crippen LogP contribution >= 0.6 is 0 Å².